The van der Waals surface area contributed by atoms with Crippen LogP contribution in [0.3, 0.4) is 0 Å². The molecule has 114 valence electrons. The van der Waals surface area contributed by atoms with Crippen LogP contribution in [0.15, 0.2) is 0 Å². The lowest BCUT2D eigenvalue weighted by Gasteiger charge is -2.25. The molecule has 0 saturated carbocycles. The second-order valence-electron chi connectivity index (χ2n) is 5.60. The summed E-state index contributed by atoms with van der Waals surface area (Å²) in [6, 6.07) is 0.561. The highest BCUT2D eigenvalue weighted by atomic mass is 32.2. The summed E-state index contributed by atoms with van der Waals surface area (Å²) in [7, 11) is -2.85. The Morgan fingerprint density at radius 2 is 1.95 bits per heavy atom. The summed E-state index contributed by atoms with van der Waals surface area (Å²) in [4.78, 5) is 2.33. The van der Waals surface area contributed by atoms with E-state index < -0.39 is 9.84 Å². The van der Waals surface area contributed by atoms with Crippen LogP contribution >= 0.6 is 0 Å². The Morgan fingerprint density at radius 1 is 1.16 bits per heavy atom. The van der Waals surface area contributed by atoms with E-state index in [1.807, 2.05) is 6.92 Å². The van der Waals surface area contributed by atoms with Gasteiger partial charge in [0.15, 0.2) is 9.84 Å². The average Bonchev–Trinajstić information content (AvgIpc) is 2.85. The molecule has 1 atom stereocenters. The average molecular weight is 290 g/mol. The first-order valence-corrected chi connectivity index (χ1v) is 9.55. The van der Waals surface area contributed by atoms with Crippen LogP contribution in [-0.4, -0.2) is 57.0 Å². The summed E-state index contributed by atoms with van der Waals surface area (Å²) in [6.07, 6.45) is 5.52. The van der Waals surface area contributed by atoms with Crippen molar-refractivity contribution < 1.29 is 8.42 Å². The minimum Gasteiger partial charge on any atom is -0.313 e. The second kappa shape index (κ2) is 8.93. The Bertz CT molecular complexity index is 324. The molecule has 0 bridgehead atoms. The van der Waals surface area contributed by atoms with Gasteiger partial charge >= 0.3 is 0 Å². The van der Waals surface area contributed by atoms with Crippen LogP contribution in [0.25, 0.3) is 0 Å². The summed E-state index contributed by atoms with van der Waals surface area (Å²) in [6.45, 7) is 7.94. The standard InChI is InChI=1S/C14H30N2O2S/c1-3-5-9-16(13-14-7-6-8-15-14)10-12-19(17,18)11-4-2/h14-15H,3-13H2,1-2H3. The number of sulfone groups is 1. The molecule has 0 radical (unpaired) electrons. The molecule has 0 aliphatic carbocycles. The third-order valence-corrected chi connectivity index (χ3v) is 5.54. The third kappa shape index (κ3) is 7.28. The van der Waals surface area contributed by atoms with E-state index in [9.17, 15) is 8.42 Å². The lowest BCUT2D eigenvalue weighted by Crippen LogP contribution is -2.40. The molecule has 0 spiro atoms. The molecule has 0 aromatic carbocycles. The van der Waals surface area contributed by atoms with E-state index in [0.29, 0.717) is 24.1 Å². The van der Waals surface area contributed by atoms with Gasteiger partial charge in [-0.1, -0.05) is 20.3 Å². The monoisotopic (exact) mass is 290 g/mol. The van der Waals surface area contributed by atoms with Crippen LogP contribution in [0.1, 0.15) is 46.0 Å². The topological polar surface area (TPSA) is 49.4 Å². The highest BCUT2D eigenvalue weighted by Crippen LogP contribution is 2.08. The van der Waals surface area contributed by atoms with Gasteiger partial charge in [-0.15, -0.1) is 0 Å². The molecule has 4 nitrogen and oxygen atoms in total. The fraction of sp³-hybridized carbons (Fsp3) is 1.00. The number of unbranched alkanes of at least 4 members (excludes halogenated alkanes) is 1. The SMILES string of the molecule is CCCCN(CCS(=O)(=O)CCC)CC1CCCN1. The fourth-order valence-electron chi connectivity index (χ4n) is 2.58. The molecule has 1 saturated heterocycles. The highest BCUT2D eigenvalue weighted by molar-refractivity contribution is 7.91. The molecule has 1 N–H and O–H groups in total. The molecular formula is C14H30N2O2S. The van der Waals surface area contributed by atoms with Crippen molar-refractivity contribution in [3.63, 3.8) is 0 Å². The van der Waals surface area contributed by atoms with Gasteiger partial charge in [0, 0.05) is 24.9 Å². The first kappa shape index (κ1) is 16.9. The second-order valence-corrected chi connectivity index (χ2v) is 7.90. The van der Waals surface area contributed by atoms with Crippen LogP contribution in [0.4, 0.5) is 0 Å². The molecule has 0 aromatic heterocycles. The van der Waals surface area contributed by atoms with Crippen LogP contribution in [0.5, 0.6) is 0 Å². The lowest BCUT2D eigenvalue weighted by molar-refractivity contribution is 0.258. The first-order chi connectivity index (χ1) is 9.07. The molecule has 1 heterocycles. The van der Waals surface area contributed by atoms with Crippen molar-refractivity contribution >= 4 is 9.84 Å². The summed E-state index contributed by atoms with van der Waals surface area (Å²) < 4.78 is 23.6. The van der Waals surface area contributed by atoms with Crippen LogP contribution in [0.2, 0.25) is 0 Å². The van der Waals surface area contributed by atoms with E-state index in [0.717, 1.165) is 38.9 Å². The number of hydrogen-bond acceptors (Lipinski definition) is 4. The Hall–Kier alpha value is -0.130. The molecule has 0 aromatic rings. The van der Waals surface area contributed by atoms with Crippen molar-refractivity contribution in [3.8, 4) is 0 Å². The summed E-state index contributed by atoms with van der Waals surface area (Å²) in [5.41, 5.74) is 0. The summed E-state index contributed by atoms with van der Waals surface area (Å²) in [5.74, 6) is 0.646. The molecule has 1 unspecified atom stereocenters. The molecule has 1 rings (SSSR count). The van der Waals surface area contributed by atoms with Gasteiger partial charge in [0.25, 0.3) is 0 Å². The van der Waals surface area contributed by atoms with E-state index in [4.69, 9.17) is 0 Å². The van der Waals surface area contributed by atoms with Crippen molar-refractivity contribution in [2.45, 2.75) is 52.0 Å². The van der Waals surface area contributed by atoms with Crippen molar-refractivity contribution in [3.05, 3.63) is 0 Å². The molecule has 19 heavy (non-hydrogen) atoms. The van der Waals surface area contributed by atoms with E-state index in [-0.39, 0.29) is 0 Å². The Kier molecular flexibility index (Phi) is 7.95. The van der Waals surface area contributed by atoms with E-state index in [1.165, 1.54) is 12.8 Å². The van der Waals surface area contributed by atoms with Gasteiger partial charge in [-0.25, -0.2) is 8.42 Å². The predicted octanol–water partition coefficient (Wildman–Crippen LogP) is 1.67. The van der Waals surface area contributed by atoms with Crippen LogP contribution in [0, 0.1) is 0 Å². The summed E-state index contributed by atoms with van der Waals surface area (Å²) in [5, 5.41) is 3.49. The largest absolute Gasteiger partial charge is 0.313 e. The zero-order valence-corrected chi connectivity index (χ0v) is 13.3. The van der Waals surface area contributed by atoms with Gasteiger partial charge in [-0.2, -0.15) is 0 Å². The van der Waals surface area contributed by atoms with Gasteiger partial charge in [0.1, 0.15) is 0 Å². The highest BCUT2D eigenvalue weighted by Gasteiger charge is 2.19. The van der Waals surface area contributed by atoms with E-state index >= 15 is 0 Å². The number of nitrogens with zero attached hydrogens (tertiary/aromatic N) is 1. The maximum Gasteiger partial charge on any atom is 0.151 e. The van der Waals surface area contributed by atoms with E-state index in [2.05, 4.69) is 17.1 Å². The molecule has 1 fully saturated rings. The predicted molar refractivity (Wildman–Crippen MR) is 81.3 cm³/mol. The minimum absolute atomic E-state index is 0.317. The maximum atomic E-state index is 11.8. The van der Waals surface area contributed by atoms with Gasteiger partial charge in [0.2, 0.25) is 0 Å². The molecular weight excluding hydrogens is 260 g/mol. The third-order valence-electron chi connectivity index (χ3n) is 3.70. The maximum absolute atomic E-state index is 11.8. The summed E-state index contributed by atoms with van der Waals surface area (Å²) >= 11 is 0. The number of nitrogens with one attached hydrogen (secondary N) is 1. The minimum atomic E-state index is -2.85. The van der Waals surface area contributed by atoms with E-state index in [1.54, 1.807) is 0 Å². The van der Waals surface area contributed by atoms with Gasteiger partial charge in [0.05, 0.1) is 5.75 Å². The Balaban J connectivity index is 2.39. The molecule has 0 amide bonds. The van der Waals surface area contributed by atoms with Gasteiger partial charge in [-0.05, 0) is 38.8 Å². The number of rotatable bonds is 10. The van der Waals surface area contributed by atoms with Crippen molar-refractivity contribution in [2.75, 3.05) is 37.7 Å². The number of hydrogen-bond donors (Lipinski definition) is 1. The lowest BCUT2D eigenvalue weighted by atomic mass is 10.2. The Morgan fingerprint density at radius 3 is 2.53 bits per heavy atom. The quantitative estimate of drug-likeness (QED) is 0.665. The first-order valence-electron chi connectivity index (χ1n) is 7.73. The zero-order chi connectivity index (χ0) is 14.1. The van der Waals surface area contributed by atoms with Gasteiger partial charge < -0.3 is 10.2 Å². The van der Waals surface area contributed by atoms with Gasteiger partial charge in [-0.3, -0.25) is 0 Å². The smallest absolute Gasteiger partial charge is 0.151 e. The van der Waals surface area contributed by atoms with Crippen molar-refractivity contribution in [2.24, 2.45) is 0 Å². The van der Waals surface area contributed by atoms with Crippen LogP contribution < -0.4 is 5.32 Å². The molecule has 1 aliphatic rings. The normalized spacial score (nSPS) is 20.3. The molecule has 5 heteroatoms. The van der Waals surface area contributed by atoms with Crippen molar-refractivity contribution in [1.29, 1.82) is 0 Å². The van der Waals surface area contributed by atoms with Crippen molar-refractivity contribution in [1.82, 2.24) is 10.2 Å². The molecule has 1 aliphatic heterocycles. The zero-order valence-electron chi connectivity index (χ0n) is 12.5. The Labute approximate surface area is 118 Å². The fourth-order valence-corrected chi connectivity index (χ4v) is 3.94. The van der Waals surface area contributed by atoms with Crippen LogP contribution in [-0.2, 0) is 9.84 Å².